The van der Waals surface area contributed by atoms with Gasteiger partial charge in [0.1, 0.15) is 67.1 Å². The third-order valence-corrected chi connectivity index (χ3v) is 7.76. The zero-order chi connectivity index (χ0) is 33.8. The second kappa shape index (κ2) is 15.6. The Labute approximate surface area is 254 Å². The van der Waals surface area contributed by atoms with E-state index in [0.717, 1.165) is 6.92 Å². The van der Waals surface area contributed by atoms with Gasteiger partial charge in [0.15, 0.2) is 12.6 Å². The first-order chi connectivity index (χ1) is 21.2. The molecule has 3 aliphatic heterocycles. The Balaban J connectivity index is 1.97. The van der Waals surface area contributed by atoms with E-state index < -0.39 is 136 Å². The Morgan fingerprint density at radius 2 is 1.56 bits per heavy atom. The van der Waals surface area contributed by atoms with Gasteiger partial charge in [0.05, 0.1) is 32.0 Å². The molecule has 45 heavy (non-hydrogen) atoms. The maximum atomic E-state index is 12.6. The Morgan fingerprint density at radius 3 is 2.09 bits per heavy atom. The average Bonchev–Trinajstić information content (AvgIpc) is 2.99. The van der Waals surface area contributed by atoms with Crippen LogP contribution >= 0.6 is 0 Å². The lowest BCUT2D eigenvalue weighted by Crippen LogP contribution is -2.71. The smallest absolute Gasteiger partial charge is 0.364 e. The third-order valence-electron chi connectivity index (χ3n) is 7.76. The summed E-state index contributed by atoms with van der Waals surface area (Å²) in [4.78, 5) is 35.5. The van der Waals surface area contributed by atoms with Gasteiger partial charge in [-0.2, -0.15) is 0 Å². The molecule has 0 aromatic rings. The van der Waals surface area contributed by atoms with Gasteiger partial charge in [0.25, 0.3) is 5.79 Å². The number of hydrogen-bond acceptors (Lipinski definition) is 18. The first-order valence-corrected chi connectivity index (χ1v) is 13.8. The van der Waals surface area contributed by atoms with Crippen molar-refractivity contribution in [3.63, 3.8) is 0 Å². The first-order valence-electron chi connectivity index (χ1n) is 13.8. The number of ether oxygens (including phenoxy) is 5. The summed E-state index contributed by atoms with van der Waals surface area (Å²) in [5.41, 5.74) is 0. The van der Waals surface area contributed by atoms with Crippen LogP contribution in [0.15, 0.2) is 0 Å². The summed E-state index contributed by atoms with van der Waals surface area (Å²) in [7, 11) is 0. The molecule has 1 unspecified atom stereocenters. The maximum absolute atomic E-state index is 12.6. The largest absolute Gasteiger partial charge is 0.477 e. The second-order valence-electron chi connectivity index (χ2n) is 10.8. The van der Waals surface area contributed by atoms with Crippen LogP contribution in [0.2, 0.25) is 0 Å². The summed E-state index contributed by atoms with van der Waals surface area (Å²) in [6.07, 6.45) is -25.7. The topological polar surface area (TPSA) is 344 Å². The van der Waals surface area contributed by atoms with Gasteiger partial charge >= 0.3 is 5.97 Å². The number of carbonyl (C=O) groups is 3. The van der Waals surface area contributed by atoms with Crippen LogP contribution in [-0.4, -0.2) is 192 Å². The van der Waals surface area contributed by atoms with E-state index in [1.165, 1.54) is 0 Å². The molecular formula is C24H40N2O19. The second-order valence-corrected chi connectivity index (χ2v) is 10.8. The lowest BCUT2D eigenvalue weighted by atomic mass is 9.88. The molecule has 0 aromatic heterocycles. The average molecular weight is 661 g/mol. The molecule has 13 N–H and O–H groups in total. The number of hydrogen-bond donors (Lipinski definition) is 13. The predicted octanol–water partition coefficient (Wildman–Crippen LogP) is -8.47. The monoisotopic (exact) mass is 660 g/mol. The number of aliphatic carboxylic acids is 1. The molecule has 3 rings (SSSR count). The van der Waals surface area contributed by atoms with Crippen LogP contribution in [0.3, 0.4) is 0 Å². The molecule has 3 heterocycles. The van der Waals surface area contributed by atoms with Crippen molar-refractivity contribution >= 4 is 18.3 Å². The number of nitrogens with one attached hydrogen (secondary N) is 2. The van der Waals surface area contributed by atoms with Crippen molar-refractivity contribution in [3.8, 4) is 0 Å². The van der Waals surface area contributed by atoms with E-state index in [0.29, 0.717) is 0 Å². The van der Waals surface area contributed by atoms with Crippen LogP contribution in [-0.2, 0) is 38.1 Å². The van der Waals surface area contributed by atoms with Crippen molar-refractivity contribution in [1.82, 2.24) is 10.6 Å². The molecule has 3 aliphatic rings. The maximum Gasteiger partial charge on any atom is 0.364 e. The zero-order valence-corrected chi connectivity index (χ0v) is 23.8. The van der Waals surface area contributed by atoms with Crippen LogP contribution in [0.1, 0.15) is 13.3 Å². The van der Waals surface area contributed by atoms with E-state index in [1.54, 1.807) is 0 Å². The fraction of sp³-hybridized carbons (Fsp3) is 0.875. The summed E-state index contributed by atoms with van der Waals surface area (Å²) in [6, 6.07) is -3.08. The summed E-state index contributed by atoms with van der Waals surface area (Å²) in [6.45, 7) is -1.81. The molecule has 21 nitrogen and oxygen atoms in total. The molecule has 260 valence electrons. The standard InChI is InChI=1S/C24H40N2O19/c1-7(31)26-13-18(15(35)10(4-28)41-21(13)38)43-22-17(37)20(16(36)11(5-29)42-22)45-24(23(39)40)2-8(32)12(25-6-30)19(44-24)14(34)9(33)3-27/h6,8-22,27-29,32-38H,2-5H2,1H3,(H,25,30)(H,26,31)(H,39,40)/t8-,9+,10+,11+,12+,13+,14+,15-,16-,17+,18+,19+,20-,21?,22-,24-/m0/s1. The Morgan fingerprint density at radius 1 is 0.956 bits per heavy atom. The van der Waals surface area contributed by atoms with Crippen molar-refractivity contribution in [3.05, 3.63) is 0 Å². The quantitative estimate of drug-likeness (QED) is 0.0815. The normalized spacial score (nSPS) is 43.6. The van der Waals surface area contributed by atoms with Gasteiger partial charge in [-0.05, 0) is 0 Å². The Bertz CT molecular complexity index is 1010. The molecule has 2 amide bonds. The van der Waals surface area contributed by atoms with Gasteiger partial charge < -0.3 is 90.5 Å². The number of carboxylic acids is 1. The third kappa shape index (κ3) is 7.86. The molecule has 0 aromatic carbocycles. The molecular weight excluding hydrogens is 620 g/mol. The summed E-state index contributed by atoms with van der Waals surface area (Å²) < 4.78 is 27.2. The highest BCUT2D eigenvalue weighted by atomic mass is 16.8. The molecule has 0 bridgehead atoms. The van der Waals surface area contributed by atoms with Crippen LogP contribution in [0.25, 0.3) is 0 Å². The molecule has 3 saturated heterocycles. The molecule has 21 heteroatoms. The van der Waals surface area contributed by atoms with Gasteiger partial charge in [0, 0.05) is 13.3 Å². The number of aliphatic hydroxyl groups is 10. The van der Waals surface area contributed by atoms with E-state index in [-0.39, 0.29) is 6.41 Å². The van der Waals surface area contributed by atoms with Crippen LogP contribution in [0, 0.1) is 0 Å². The minimum atomic E-state index is -3.04. The van der Waals surface area contributed by atoms with Crippen LogP contribution < -0.4 is 10.6 Å². The van der Waals surface area contributed by atoms with Gasteiger partial charge in [-0.1, -0.05) is 0 Å². The predicted molar refractivity (Wildman–Crippen MR) is 137 cm³/mol. The van der Waals surface area contributed by atoms with Crippen LogP contribution in [0.4, 0.5) is 0 Å². The number of amides is 2. The zero-order valence-electron chi connectivity index (χ0n) is 23.8. The van der Waals surface area contributed by atoms with Crippen LogP contribution in [0.5, 0.6) is 0 Å². The molecule has 0 aliphatic carbocycles. The summed E-state index contributed by atoms with van der Waals surface area (Å²) in [5, 5.41) is 118. The first kappa shape index (κ1) is 37.3. The molecule has 3 fully saturated rings. The van der Waals surface area contributed by atoms with Crippen molar-refractivity contribution < 1.29 is 94.2 Å². The summed E-state index contributed by atoms with van der Waals surface area (Å²) in [5.74, 6) is -5.74. The van der Waals surface area contributed by atoms with E-state index in [2.05, 4.69) is 10.6 Å². The molecule has 0 saturated carbocycles. The van der Waals surface area contributed by atoms with Gasteiger partial charge in [-0.15, -0.1) is 0 Å². The minimum absolute atomic E-state index is 0.0912. The van der Waals surface area contributed by atoms with E-state index in [9.17, 15) is 70.6 Å². The highest BCUT2D eigenvalue weighted by Gasteiger charge is 2.60. The van der Waals surface area contributed by atoms with Crippen molar-refractivity contribution in [1.29, 1.82) is 0 Å². The number of rotatable bonds is 13. The molecule has 0 radical (unpaired) electrons. The Kier molecular flexibility index (Phi) is 12.9. The fourth-order valence-electron chi connectivity index (χ4n) is 5.43. The minimum Gasteiger partial charge on any atom is -0.477 e. The lowest BCUT2D eigenvalue weighted by molar-refractivity contribution is -0.380. The SMILES string of the molecule is CC(=O)N[C@H]1C(O)O[C@H](CO)[C@H](O)[C@@H]1O[C@@H]1O[C@H](CO)[C@H](O)[C@H](O[C@]2(C(=O)O)C[C@H](O)[C@@H](NC=O)[C@H]([C@H](O)[C@H](O)CO)O2)[C@H]1O. The van der Waals surface area contributed by atoms with Gasteiger partial charge in [0.2, 0.25) is 12.3 Å². The van der Waals surface area contributed by atoms with E-state index >= 15 is 0 Å². The van der Waals surface area contributed by atoms with Gasteiger partial charge in [-0.3, -0.25) is 9.59 Å². The lowest BCUT2D eigenvalue weighted by Gasteiger charge is -2.50. The van der Waals surface area contributed by atoms with E-state index in [4.69, 9.17) is 23.7 Å². The molecule has 16 atom stereocenters. The van der Waals surface area contributed by atoms with E-state index in [1.807, 2.05) is 0 Å². The highest BCUT2D eigenvalue weighted by molar-refractivity contribution is 5.76. The van der Waals surface area contributed by atoms with Crippen molar-refractivity contribution in [2.75, 3.05) is 19.8 Å². The number of carboxylic acid groups (broad SMARTS) is 1. The van der Waals surface area contributed by atoms with Gasteiger partial charge in [-0.25, -0.2) is 4.79 Å². The highest BCUT2D eigenvalue weighted by Crippen LogP contribution is 2.38. The van der Waals surface area contributed by atoms with Crippen molar-refractivity contribution in [2.24, 2.45) is 0 Å². The molecule has 0 spiro atoms. The number of aliphatic hydroxyl groups excluding tert-OH is 10. The Hall–Kier alpha value is -2.19. The fourth-order valence-corrected chi connectivity index (χ4v) is 5.43. The number of carbonyl (C=O) groups excluding carboxylic acids is 2. The van der Waals surface area contributed by atoms with Crippen molar-refractivity contribution in [2.45, 2.75) is 111 Å². The summed E-state index contributed by atoms with van der Waals surface area (Å²) >= 11 is 0.